The Morgan fingerprint density at radius 3 is 2.57 bits per heavy atom. The topological polar surface area (TPSA) is 137 Å². The molecule has 3 aromatic heterocycles. The SMILES string of the molecule is O=c1[nH]cc(-c2cc(N3CC(COc4cc(F)c(C(F)(F)F)cn4)C(F)(F)C3)c(=O)[nH]n2)c(=O)[nH]1. The summed E-state index contributed by atoms with van der Waals surface area (Å²) >= 11 is 0. The first kappa shape index (κ1) is 24.0. The number of hydrogen-bond acceptors (Lipinski definition) is 7. The minimum absolute atomic E-state index is 0.107. The fourth-order valence-electron chi connectivity index (χ4n) is 3.46. The van der Waals surface area contributed by atoms with Gasteiger partial charge in [-0.25, -0.2) is 28.0 Å². The monoisotopic (exact) mass is 504 g/mol. The van der Waals surface area contributed by atoms with E-state index in [0.29, 0.717) is 6.07 Å². The van der Waals surface area contributed by atoms with Gasteiger partial charge in [0.05, 0.1) is 23.7 Å². The number of halogens is 6. The number of aromatic amines is 3. The summed E-state index contributed by atoms with van der Waals surface area (Å²) in [5.74, 6) is -7.24. The summed E-state index contributed by atoms with van der Waals surface area (Å²) in [6, 6.07) is 1.43. The van der Waals surface area contributed by atoms with Crippen molar-refractivity contribution in [1.82, 2.24) is 25.1 Å². The molecule has 1 aliphatic rings. The molecule has 3 N–H and O–H groups in total. The van der Waals surface area contributed by atoms with Crippen LogP contribution in [-0.4, -0.2) is 50.8 Å². The van der Waals surface area contributed by atoms with E-state index < -0.39 is 71.8 Å². The lowest BCUT2D eigenvalue weighted by molar-refractivity contribution is -0.140. The van der Waals surface area contributed by atoms with Crippen molar-refractivity contribution in [2.45, 2.75) is 12.1 Å². The molecule has 35 heavy (non-hydrogen) atoms. The fraction of sp³-hybridized carbons (Fsp3) is 0.316. The van der Waals surface area contributed by atoms with E-state index in [4.69, 9.17) is 4.74 Å². The van der Waals surface area contributed by atoms with Crippen LogP contribution in [0.25, 0.3) is 11.3 Å². The molecular formula is C19H14F6N6O4. The lowest BCUT2D eigenvalue weighted by atomic mass is 10.1. The Kier molecular flexibility index (Phi) is 5.90. The largest absolute Gasteiger partial charge is 0.477 e. The van der Waals surface area contributed by atoms with Crippen LogP contribution in [0.1, 0.15) is 5.56 Å². The van der Waals surface area contributed by atoms with E-state index >= 15 is 0 Å². The number of pyridine rings is 1. The number of alkyl halides is 5. The normalized spacial score (nSPS) is 17.5. The molecule has 1 unspecified atom stereocenters. The van der Waals surface area contributed by atoms with Crippen LogP contribution in [0.15, 0.2) is 38.9 Å². The number of aromatic nitrogens is 5. The molecule has 0 radical (unpaired) electrons. The maximum Gasteiger partial charge on any atom is 0.420 e. The Balaban J connectivity index is 1.53. The molecule has 3 aromatic rings. The van der Waals surface area contributed by atoms with Crippen LogP contribution < -0.4 is 26.4 Å². The Bertz CT molecular complexity index is 1430. The van der Waals surface area contributed by atoms with Crippen molar-refractivity contribution in [2.75, 3.05) is 24.6 Å². The van der Waals surface area contributed by atoms with E-state index in [1.165, 1.54) is 0 Å². The molecule has 0 amide bonds. The van der Waals surface area contributed by atoms with Crippen LogP contribution in [0.4, 0.5) is 32.0 Å². The van der Waals surface area contributed by atoms with Crippen molar-refractivity contribution in [2.24, 2.45) is 5.92 Å². The summed E-state index contributed by atoms with van der Waals surface area (Å²) in [5.41, 5.74) is -4.56. The van der Waals surface area contributed by atoms with Crippen LogP contribution in [-0.2, 0) is 6.18 Å². The molecule has 4 heterocycles. The first-order valence-corrected chi connectivity index (χ1v) is 9.75. The quantitative estimate of drug-likeness (QED) is 0.448. The van der Waals surface area contributed by atoms with Crippen molar-refractivity contribution in [3.05, 3.63) is 67.1 Å². The van der Waals surface area contributed by atoms with Gasteiger partial charge >= 0.3 is 11.9 Å². The maximum atomic E-state index is 14.6. The Hall–Kier alpha value is -4.11. The van der Waals surface area contributed by atoms with E-state index in [2.05, 4.69) is 20.2 Å². The first-order valence-electron chi connectivity index (χ1n) is 9.75. The molecule has 1 aliphatic heterocycles. The molecule has 186 valence electrons. The van der Waals surface area contributed by atoms with Gasteiger partial charge in [-0.3, -0.25) is 14.6 Å². The van der Waals surface area contributed by atoms with Crippen LogP contribution in [0.5, 0.6) is 5.88 Å². The van der Waals surface area contributed by atoms with Gasteiger partial charge in [-0.1, -0.05) is 0 Å². The minimum Gasteiger partial charge on any atom is -0.477 e. The smallest absolute Gasteiger partial charge is 0.420 e. The average Bonchev–Trinajstić information content (AvgIpc) is 3.06. The third-order valence-corrected chi connectivity index (χ3v) is 5.23. The van der Waals surface area contributed by atoms with Gasteiger partial charge in [0.25, 0.3) is 17.0 Å². The maximum absolute atomic E-state index is 14.6. The lowest BCUT2D eigenvalue weighted by Crippen LogP contribution is -2.32. The van der Waals surface area contributed by atoms with Crippen molar-refractivity contribution >= 4 is 5.69 Å². The van der Waals surface area contributed by atoms with Gasteiger partial charge in [-0.05, 0) is 6.07 Å². The number of rotatable bonds is 5. The summed E-state index contributed by atoms with van der Waals surface area (Å²) in [6.07, 6.45) is -3.75. The highest BCUT2D eigenvalue weighted by atomic mass is 19.4. The Labute approximate surface area is 189 Å². The zero-order chi connectivity index (χ0) is 25.5. The molecule has 1 atom stereocenters. The van der Waals surface area contributed by atoms with Gasteiger partial charge in [0.2, 0.25) is 5.88 Å². The predicted octanol–water partition coefficient (Wildman–Crippen LogP) is 1.52. The van der Waals surface area contributed by atoms with Crippen LogP contribution >= 0.6 is 0 Å². The van der Waals surface area contributed by atoms with E-state index in [1.807, 2.05) is 4.98 Å². The molecule has 0 spiro atoms. The highest BCUT2D eigenvalue weighted by Crippen LogP contribution is 2.36. The average molecular weight is 504 g/mol. The molecule has 1 saturated heterocycles. The number of nitrogens with zero attached hydrogens (tertiary/aromatic N) is 3. The Morgan fingerprint density at radius 2 is 1.91 bits per heavy atom. The van der Waals surface area contributed by atoms with Gasteiger partial charge in [0, 0.05) is 25.0 Å². The minimum atomic E-state index is -4.98. The summed E-state index contributed by atoms with van der Waals surface area (Å²) in [7, 11) is 0. The van der Waals surface area contributed by atoms with E-state index in [-0.39, 0.29) is 23.1 Å². The number of ether oxygens (including phenoxy) is 1. The summed E-state index contributed by atoms with van der Waals surface area (Å²) in [4.78, 5) is 43.9. The molecule has 0 aliphatic carbocycles. The number of H-pyrrole nitrogens is 3. The highest BCUT2D eigenvalue weighted by molar-refractivity contribution is 5.62. The third kappa shape index (κ3) is 4.90. The van der Waals surface area contributed by atoms with Crippen molar-refractivity contribution < 1.29 is 31.1 Å². The van der Waals surface area contributed by atoms with Crippen molar-refractivity contribution in [1.29, 1.82) is 0 Å². The molecular weight excluding hydrogens is 490 g/mol. The standard InChI is InChI=1S/C19H14F6N6O4/c20-11-1-14(26-4-10(11)19(23,24)25)35-6-8-5-31(7-18(8,21)22)13-2-12(29-30-16(13)33)9-3-27-17(34)28-15(9)32/h1-4,8H,5-7H2,(H,30,33)(H2,27,28,32,34). The van der Waals surface area contributed by atoms with Gasteiger partial charge < -0.3 is 14.6 Å². The van der Waals surface area contributed by atoms with Crippen LogP contribution in [0.2, 0.25) is 0 Å². The second kappa shape index (κ2) is 8.59. The molecule has 0 saturated carbocycles. The second-order valence-electron chi connectivity index (χ2n) is 7.60. The third-order valence-electron chi connectivity index (χ3n) is 5.23. The molecule has 0 bridgehead atoms. The number of anilines is 1. The molecule has 0 aromatic carbocycles. The lowest BCUT2D eigenvalue weighted by Gasteiger charge is -2.17. The summed E-state index contributed by atoms with van der Waals surface area (Å²) in [6.45, 7) is -2.09. The number of nitrogens with one attached hydrogen (secondary N) is 3. The zero-order valence-electron chi connectivity index (χ0n) is 17.3. The van der Waals surface area contributed by atoms with Crippen molar-refractivity contribution in [3.8, 4) is 17.1 Å². The van der Waals surface area contributed by atoms with E-state index in [0.717, 1.165) is 17.2 Å². The summed E-state index contributed by atoms with van der Waals surface area (Å²) < 4.78 is 85.8. The first-order chi connectivity index (χ1) is 16.3. The molecule has 1 fully saturated rings. The van der Waals surface area contributed by atoms with E-state index in [1.54, 1.807) is 0 Å². The summed E-state index contributed by atoms with van der Waals surface area (Å²) in [5, 5.41) is 5.79. The van der Waals surface area contributed by atoms with Crippen LogP contribution in [0.3, 0.4) is 0 Å². The highest BCUT2D eigenvalue weighted by Gasteiger charge is 2.49. The number of hydrogen-bond donors (Lipinski definition) is 3. The van der Waals surface area contributed by atoms with Crippen molar-refractivity contribution in [3.63, 3.8) is 0 Å². The van der Waals surface area contributed by atoms with Gasteiger partial charge in [-0.2, -0.15) is 18.3 Å². The second-order valence-corrected chi connectivity index (χ2v) is 7.60. The molecule has 4 rings (SSSR count). The Morgan fingerprint density at radius 1 is 1.17 bits per heavy atom. The predicted molar refractivity (Wildman–Crippen MR) is 107 cm³/mol. The van der Waals surface area contributed by atoms with Crippen LogP contribution in [0, 0.1) is 11.7 Å². The zero-order valence-corrected chi connectivity index (χ0v) is 17.3. The fourth-order valence-corrected chi connectivity index (χ4v) is 3.46. The van der Waals surface area contributed by atoms with Gasteiger partial charge in [0.15, 0.2) is 0 Å². The molecule has 10 nitrogen and oxygen atoms in total. The molecule has 16 heteroatoms. The van der Waals surface area contributed by atoms with Gasteiger partial charge in [-0.15, -0.1) is 0 Å². The van der Waals surface area contributed by atoms with E-state index in [9.17, 15) is 40.7 Å². The van der Waals surface area contributed by atoms with Gasteiger partial charge in [0.1, 0.15) is 23.7 Å².